The molecule has 5 atom stereocenters. The molecular formula is C24H47N7O5. The average molecular weight is 514 g/mol. The molecule has 0 fully saturated rings. The Balaban J connectivity index is 5.66. The summed E-state index contributed by atoms with van der Waals surface area (Å²) in [7, 11) is 0. The lowest BCUT2D eigenvalue weighted by atomic mass is 9.96. The largest absolute Gasteiger partial charge is 0.480 e. The summed E-state index contributed by atoms with van der Waals surface area (Å²) in [6, 6.07) is -3.84. The number of aliphatic carboxylic acids is 1. The summed E-state index contributed by atoms with van der Waals surface area (Å²) in [6.07, 6.45) is 1.85. The van der Waals surface area contributed by atoms with Gasteiger partial charge >= 0.3 is 5.97 Å². The zero-order chi connectivity index (χ0) is 28.0. The minimum Gasteiger partial charge on any atom is -0.480 e. The van der Waals surface area contributed by atoms with Crippen molar-refractivity contribution in [3.05, 3.63) is 0 Å². The molecule has 0 aromatic rings. The van der Waals surface area contributed by atoms with Crippen LogP contribution in [0.15, 0.2) is 4.99 Å². The smallest absolute Gasteiger partial charge is 0.326 e. The van der Waals surface area contributed by atoms with Gasteiger partial charge in [0.25, 0.3) is 0 Å². The highest BCUT2D eigenvalue weighted by Gasteiger charge is 2.32. The highest BCUT2D eigenvalue weighted by atomic mass is 16.4. The van der Waals surface area contributed by atoms with Crippen LogP contribution in [-0.2, 0) is 19.2 Å². The van der Waals surface area contributed by atoms with Crippen LogP contribution < -0.4 is 33.2 Å². The van der Waals surface area contributed by atoms with Crippen LogP contribution >= 0.6 is 0 Å². The van der Waals surface area contributed by atoms with E-state index in [0.717, 1.165) is 0 Å². The Morgan fingerprint density at radius 3 is 1.86 bits per heavy atom. The summed E-state index contributed by atoms with van der Waals surface area (Å²) in [5, 5.41) is 17.4. The summed E-state index contributed by atoms with van der Waals surface area (Å²) in [6.45, 7) is 11.5. The van der Waals surface area contributed by atoms with E-state index >= 15 is 0 Å². The van der Waals surface area contributed by atoms with Crippen LogP contribution in [0.3, 0.4) is 0 Å². The van der Waals surface area contributed by atoms with Crippen LogP contribution in [0.4, 0.5) is 0 Å². The first kappa shape index (κ1) is 33.1. The third-order valence-electron chi connectivity index (χ3n) is 5.76. The van der Waals surface area contributed by atoms with Gasteiger partial charge in [-0.05, 0) is 43.4 Å². The first-order chi connectivity index (χ1) is 16.7. The molecule has 0 saturated carbocycles. The molecular weight excluding hydrogens is 466 g/mol. The lowest BCUT2D eigenvalue weighted by Gasteiger charge is -2.28. The normalized spacial score (nSPS) is 15.4. The Labute approximate surface area is 214 Å². The molecule has 0 aromatic heterocycles. The zero-order valence-corrected chi connectivity index (χ0v) is 22.5. The predicted molar refractivity (Wildman–Crippen MR) is 140 cm³/mol. The van der Waals surface area contributed by atoms with Crippen molar-refractivity contribution >= 4 is 29.7 Å². The number of carbonyl (C=O) groups is 4. The first-order valence-electron chi connectivity index (χ1n) is 12.6. The van der Waals surface area contributed by atoms with Gasteiger partial charge in [-0.15, -0.1) is 0 Å². The average Bonchev–Trinajstić information content (AvgIpc) is 2.76. The number of nitrogens with one attached hydrogen (secondary N) is 3. The molecule has 3 amide bonds. The van der Waals surface area contributed by atoms with Gasteiger partial charge in [0.1, 0.15) is 18.1 Å². The fraction of sp³-hybridized carbons (Fsp3) is 0.792. The minimum absolute atomic E-state index is 0.0443. The van der Waals surface area contributed by atoms with Crippen molar-refractivity contribution in [1.82, 2.24) is 16.0 Å². The van der Waals surface area contributed by atoms with E-state index in [9.17, 15) is 24.3 Å². The number of nitrogens with zero attached hydrogens (tertiary/aromatic N) is 1. The first-order valence-corrected chi connectivity index (χ1v) is 12.6. The molecule has 0 spiro atoms. The molecule has 208 valence electrons. The molecule has 0 aliphatic rings. The van der Waals surface area contributed by atoms with Crippen molar-refractivity contribution in [2.24, 2.45) is 39.9 Å². The number of hydrogen-bond acceptors (Lipinski definition) is 6. The van der Waals surface area contributed by atoms with Gasteiger partial charge in [-0.2, -0.15) is 0 Å². The molecule has 0 saturated heterocycles. The van der Waals surface area contributed by atoms with Crippen molar-refractivity contribution in [2.45, 2.75) is 97.8 Å². The number of hydrogen-bond donors (Lipinski definition) is 7. The standard InChI is InChI=1S/C24H47N7O5/c1-7-15(6)19(22(34)30-18(23(35)36)12-14(4)5)31-21(33)17(9-8-10-28-24(26)27)29-20(32)16(25)11-13(2)3/h13-19H,7-12,25H2,1-6H3,(H,29,32)(H,30,34)(H,31,33)(H,35,36)(H4,26,27,28). The molecule has 0 aromatic carbocycles. The molecule has 5 unspecified atom stereocenters. The second-order valence-corrected chi connectivity index (χ2v) is 10.1. The Morgan fingerprint density at radius 1 is 0.833 bits per heavy atom. The number of nitrogens with two attached hydrogens (primary N) is 3. The van der Waals surface area contributed by atoms with Crippen LogP contribution in [0.25, 0.3) is 0 Å². The number of guanidine groups is 1. The van der Waals surface area contributed by atoms with Crippen molar-refractivity contribution in [3.8, 4) is 0 Å². The van der Waals surface area contributed by atoms with Crippen LogP contribution in [0.2, 0.25) is 0 Å². The maximum Gasteiger partial charge on any atom is 0.326 e. The van der Waals surface area contributed by atoms with E-state index in [1.165, 1.54) is 0 Å². The highest BCUT2D eigenvalue weighted by molar-refractivity contribution is 5.94. The molecule has 0 heterocycles. The summed E-state index contributed by atoms with van der Waals surface area (Å²) < 4.78 is 0. The van der Waals surface area contributed by atoms with Crippen molar-refractivity contribution < 1.29 is 24.3 Å². The van der Waals surface area contributed by atoms with Gasteiger partial charge in [-0.25, -0.2) is 4.79 Å². The van der Waals surface area contributed by atoms with E-state index in [1.807, 2.05) is 34.6 Å². The lowest BCUT2D eigenvalue weighted by Crippen LogP contribution is -2.58. The van der Waals surface area contributed by atoms with E-state index in [2.05, 4.69) is 20.9 Å². The highest BCUT2D eigenvalue weighted by Crippen LogP contribution is 2.12. The summed E-state index contributed by atoms with van der Waals surface area (Å²) >= 11 is 0. The Hall–Kier alpha value is -2.89. The molecule has 0 radical (unpaired) electrons. The van der Waals surface area contributed by atoms with E-state index < -0.39 is 47.9 Å². The molecule has 12 heteroatoms. The second kappa shape index (κ2) is 16.7. The van der Waals surface area contributed by atoms with Gasteiger partial charge in [0.2, 0.25) is 17.7 Å². The van der Waals surface area contributed by atoms with Gasteiger partial charge in [0, 0.05) is 6.54 Å². The number of amides is 3. The molecule has 10 N–H and O–H groups in total. The van der Waals surface area contributed by atoms with Gasteiger partial charge in [0.05, 0.1) is 6.04 Å². The molecule has 0 aliphatic heterocycles. The Morgan fingerprint density at radius 2 is 1.39 bits per heavy atom. The van der Waals surface area contributed by atoms with Crippen LogP contribution in [0.5, 0.6) is 0 Å². The predicted octanol–water partition coefficient (Wildman–Crippen LogP) is 0.0446. The number of carboxylic acids is 1. The number of carbonyl (C=O) groups excluding carboxylic acids is 3. The van der Waals surface area contributed by atoms with Crippen molar-refractivity contribution in [2.75, 3.05) is 6.54 Å². The summed E-state index contributed by atoms with van der Waals surface area (Å²) in [5.74, 6) is -2.91. The van der Waals surface area contributed by atoms with Crippen molar-refractivity contribution in [1.29, 1.82) is 0 Å². The van der Waals surface area contributed by atoms with E-state index in [-0.39, 0.29) is 43.1 Å². The van der Waals surface area contributed by atoms with E-state index in [4.69, 9.17) is 17.2 Å². The Bertz CT molecular complexity index is 753. The SMILES string of the molecule is CCC(C)C(NC(=O)C(CCCN=C(N)N)NC(=O)C(N)CC(C)C)C(=O)NC(CC(C)C)C(=O)O. The fourth-order valence-corrected chi connectivity index (χ4v) is 3.58. The molecule has 0 aliphatic carbocycles. The fourth-order valence-electron chi connectivity index (χ4n) is 3.58. The number of carboxylic acid groups (broad SMARTS) is 1. The lowest BCUT2D eigenvalue weighted by molar-refractivity contribution is -0.143. The third-order valence-corrected chi connectivity index (χ3v) is 5.76. The topological polar surface area (TPSA) is 215 Å². The van der Waals surface area contributed by atoms with Gasteiger partial charge < -0.3 is 38.3 Å². The van der Waals surface area contributed by atoms with Gasteiger partial charge in [-0.1, -0.05) is 48.0 Å². The maximum absolute atomic E-state index is 13.2. The number of rotatable bonds is 17. The molecule has 0 bridgehead atoms. The molecule has 12 nitrogen and oxygen atoms in total. The van der Waals surface area contributed by atoms with Crippen LogP contribution in [-0.4, -0.2) is 65.5 Å². The summed E-state index contributed by atoms with van der Waals surface area (Å²) in [4.78, 5) is 54.4. The second-order valence-electron chi connectivity index (χ2n) is 10.1. The van der Waals surface area contributed by atoms with E-state index in [1.54, 1.807) is 6.92 Å². The maximum atomic E-state index is 13.2. The zero-order valence-electron chi connectivity index (χ0n) is 22.5. The van der Waals surface area contributed by atoms with Crippen LogP contribution in [0, 0.1) is 17.8 Å². The monoisotopic (exact) mass is 513 g/mol. The summed E-state index contributed by atoms with van der Waals surface area (Å²) in [5.41, 5.74) is 16.7. The van der Waals surface area contributed by atoms with Crippen molar-refractivity contribution in [3.63, 3.8) is 0 Å². The van der Waals surface area contributed by atoms with E-state index in [0.29, 0.717) is 19.3 Å². The third kappa shape index (κ3) is 13.3. The van der Waals surface area contributed by atoms with Gasteiger partial charge in [-0.3, -0.25) is 19.4 Å². The molecule has 36 heavy (non-hydrogen) atoms. The van der Waals surface area contributed by atoms with Crippen LogP contribution in [0.1, 0.15) is 73.6 Å². The minimum atomic E-state index is -1.14. The van der Waals surface area contributed by atoms with Gasteiger partial charge in [0.15, 0.2) is 5.96 Å². The molecule has 0 rings (SSSR count). The quantitative estimate of drug-likeness (QED) is 0.0798. The number of aliphatic imine (C=N–C) groups is 1. The Kier molecular flexibility index (Phi) is 15.4.